The maximum absolute atomic E-state index is 14.0. The Labute approximate surface area is 195 Å². The number of carbonyl (C=O) groups is 2. The lowest BCUT2D eigenvalue weighted by atomic mass is 9.64. The normalized spacial score (nSPS) is 18.4. The molecule has 182 valence electrons. The van der Waals surface area contributed by atoms with Gasteiger partial charge in [-0.15, -0.1) is 0 Å². The third-order valence-corrected chi connectivity index (χ3v) is 6.04. The van der Waals surface area contributed by atoms with E-state index in [0.717, 1.165) is 12.0 Å². The summed E-state index contributed by atoms with van der Waals surface area (Å²) in [4.78, 5) is 25.9. The molecule has 4 rings (SSSR count). The predicted octanol–water partition coefficient (Wildman–Crippen LogP) is 3.36. The van der Waals surface area contributed by atoms with Crippen LogP contribution in [0.1, 0.15) is 47.6 Å². The second-order valence-corrected chi connectivity index (χ2v) is 9.01. The molecule has 1 saturated carbocycles. The lowest BCUT2D eigenvalue weighted by molar-refractivity contribution is -0.122. The number of aryl methyl sites for hydroxylation is 2. The lowest BCUT2D eigenvalue weighted by Gasteiger charge is -2.49. The highest BCUT2D eigenvalue weighted by atomic mass is 19.1. The average molecular weight is 475 g/mol. The summed E-state index contributed by atoms with van der Waals surface area (Å²) in [5, 5.41) is 9.89. The van der Waals surface area contributed by atoms with E-state index in [1.807, 2.05) is 6.92 Å². The maximum Gasteiger partial charge on any atom is 0.290 e. The van der Waals surface area contributed by atoms with Gasteiger partial charge in [-0.05, 0) is 49.4 Å². The summed E-state index contributed by atoms with van der Waals surface area (Å²) in [5.41, 5.74) is 8.16. The van der Waals surface area contributed by atoms with Crippen molar-refractivity contribution >= 4 is 18.0 Å². The number of aromatic nitrogens is 2. The van der Waals surface area contributed by atoms with Crippen molar-refractivity contribution in [2.45, 2.75) is 52.8 Å². The Morgan fingerprint density at radius 2 is 1.97 bits per heavy atom. The van der Waals surface area contributed by atoms with Crippen molar-refractivity contribution in [1.82, 2.24) is 14.7 Å². The molecule has 4 N–H and O–H groups in total. The van der Waals surface area contributed by atoms with Crippen molar-refractivity contribution in [2.24, 2.45) is 11.1 Å². The lowest BCUT2D eigenvalue weighted by Crippen LogP contribution is -2.65. The number of amides is 1. The van der Waals surface area contributed by atoms with Crippen molar-refractivity contribution in [3.8, 4) is 5.75 Å². The van der Waals surface area contributed by atoms with Gasteiger partial charge in [-0.2, -0.15) is 0 Å². The molecule has 34 heavy (non-hydrogen) atoms. The fourth-order valence-corrected chi connectivity index (χ4v) is 4.15. The molecule has 1 aliphatic rings. The minimum Gasteiger partial charge on any atom is -0.485 e. The van der Waals surface area contributed by atoms with Crippen LogP contribution in [-0.2, 0) is 11.4 Å². The molecule has 2 heterocycles. The zero-order valence-corrected chi connectivity index (χ0v) is 19.4. The molecule has 2 aromatic heterocycles. The molecule has 10 heteroatoms. The van der Waals surface area contributed by atoms with Crippen LogP contribution in [-0.4, -0.2) is 39.0 Å². The van der Waals surface area contributed by atoms with Crippen LogP contribution >= 0.6 is 0 Å². The molecule has 0 saturated heterocycles. The number of hydrogen-bond donors (Lipinski definition) is 3. The number of rotatable bonds is 5. The number of halogens is 2. The number of fused-ring (bicyclic) bond motifs is 1. The average Bonchev–Trinajstić information content (AvgIpc) is 3.08. The molecule has 0 radical (unpaired) electrons. The van der Waals surface area contributed by atoms with Gasteiger partial charge in [-0.25, -0.2) is 13.8 Å². The van der Waals surface area contributed by atoms with E-state index in [4.69, 9.17) is 20.4 Å². The molecular formula is C24H28F2N4O4. The van der Waals surface area contributed by atoms with Crippen LogP contribution in [0.25, 0.3) is 5.65 Å². The van der Waals surface area contributed by atoms with E-state index < -0.39 is 11.6 Å². The summed E-state index contributed by atoms with van der Waals surface area (Å²) in [6.07, 6.45) is 2.59. The highest BCUT2D eigenvalue weighted by Crippen LogP contribution is 2.39. The van der Waals surface area contributed by atoms with Crippen LogP contribution in [0.3, 0.4) is 0 Å². The summed E-state index contributed by atoms with van der Waals surface area (Å²) >= 11 is 0. The third kappa shape index (κ3) is 4.86. The molecule has 0 aliphatic heterocycles. The Balaban J connectivity index is 0.00000103. The number of carboxylic acid groups (broad SMARTS) is 1. The fourth-order valence-electron chi connectivity index (χ4n) is 4.15. The van der Waals surface area contributed by atoms with Gasteiger partial charge in [0.05, 0.1) is 11.3 Å². The second-order valence-electron chi connectivity index (χ2n) is 9.01. The summed E-state index contributed by atoms with van der Waals surface area (Å²) < 4.78 is 35.3. The zero-order chi connectivity index (χ0) is 25.2. The first-order valence-electron chi connectivity index (χ1n) is 10.7. The number of imidazole rings is 1. The molecule has 1 amide bonds. The smallest absolute Gasteiger partial charge is 0.290 e. The number of nitrogens with two attached hydrogens (primary N) is 1. The van der Waals surface area contributed by atoms with Gasteiger partial charge < -0.3 is 20.9 Å². The number of nitrogens with one attached hydrogen (secondary N) is 1. The maximum atomic E-state index is 14.0. The van der Waals surface area contributed by atoms with E-state index in [1.54, 1.807) is 23.6 Å². The number of hydrogen-bond acceptors (Lipinski definition) is 5. The van der Waals surface area contributed by atoms with Crippen LogP contribution in [0.5, 0.6) is 5.75 Å². The second kappa shape index (κ2) is 9.76. The van der Waals surface area contributed by atoms with Crippen molar-refractivity contribution in [3.63, 3.8) is 0 Å². The third-order valence-electron chi connectivity index (χ3n) is 6.04. The Bertz CT molecular complexity index is 1210. The van der Waals surface area contributed by atoms with E-state index in [0.29, 0.717) is 22.8 Å². The van der Waals surface area contributed by atoms with E-state index in [9.17, 15) is 13.6 Å². The molecule has 3 aromatic rings. The molecule has 2 unspecified atom stereocenters. The Hall–Kier alpha value is -3.53. The predicted molar refractivity (Wildman–Crippen MR) is 122 cm³/mol. The van der Waals surface area contributed by atoms with Gasteiger partial charge in [0.2, 0.25) is 0 Å². The standard InChI is InChI=1S/C23H26F2N4O2.CH2O2/c1-12-8-18(31-11-14-15(24)6-5-7-16(14)25)21-27-13(2)19(29(21)10-12)22(30)28-17-9-23(3,4)20(17)26;2-1-3/h5-8,10,17,20H,9,11,26H2,1-4H3,(H,28,30);1H,(H,2,3). The van der Waals surface area contributed by atoms with Gasteiger partial charge in [-0.3, -0.25) is 14.0 Å². The SMILES string of the molecule is Cc1cc(OCc2c(F)cccc2F)c2nc(C)c(C(=O)NC3CC(C)(C)C3N)n2c1.O=CO. The van der Waals surface area contributed by atoms with E-state index in [2.05, 4.69) is 24.1 Å². The zero-order valence-electron chi connectivity index (χ0n) is 19.4. The highest BCUT2D eigenvalue weighted by Gasteiger charge is 2.45. The van der Waals surface area contributed by atoms with Crippen molar-refractivity contribution in [3.05, 3.63) is 64.6 Å². The van der Waals surface area contributed by atoms with Crippen LogP contribution in [0, 0.1) is 30.9 Å². The summed E-state index contributed by atoms with van der Waals surface area (Å²) in [7, 11) is 0. The summed E-state index contributed by atoms with van der Waals surface area (Å²) in [6.45, 7) is 7.19. The molecule has 1 aliphatic carbocycles. The van der Waals surface area contributed by atoms with Gasteiger partial charge in [-0.1, -0.05) is 19.9 Å². The van der Waals surface area contributed by atoms with Crippen LogP contribution in [0.2, 0.25) is 0 Å². The van der Waals surface area contributed by atoms with Gasteiger partial charge in [0, 0.05) is 18.3 Å². The number of nitrogens with zero attached hydrogens (tertiary/aromatic N) is 2. The van der Waals surface area contributed by atoms with E-state index >= 15 is 0 Å². The first kappa shape index (κ1) is 25.1. The molecule has 2 atom stereocenters. The van der Waals surface area contributed by atoms with Gasteiger partial charge in [0.25, 0.3) is 12.4 Å². The van der Waals surface area contributed by atoms with E-state index in [1.165, 1.54) is 18.2 Å². The van der Waals surface area contributed by atoms with Gasteiger partial charge in [0.1, 0.15) is 23.9 Å². The Morgan fingerprint density at radius 3 is 2.53 bits per heavy atom. The Kier molecular flexibility index (Phi) is 7.21. The van der Waals surface area contributed by atoms with Crippen LogP contribution in [0.4, 0.5) is 8.78 Å². The monoisotopic (exact) mass is 474 g/mol. The fraction of sp³-hybridized carbons (Fsp3) is 0.375. The van der Waals surface area contributed by atoms with E-state index in [-0.39, 0.29) is 42.0 Å². The van der Waals surface area contributed by atoms with Crippen molar-refractivity contribution in [2.75, 3.05) is 0 Å². The van der Waals surface area contributed by atoms with Gasteiger partial charge in [0.15, 0.2) is 11.4 Å². The largest absolute Gasteiger partial charge is 0.485 e. The van der Waals surface area contributed by atoms with Crippen molar-refractivity contribution < 1.29 is 28.2 Å². The minimum atomic E-state index is -0.678. The van der Waals surface area contributed by atoms with Crippen LogP contribution in [0.15, 0.2) is 30.5 Å². The Morgan fingerprint density at radius 1 is 1.35 bits per heavy atom. The summed E-state index contributed by atoms with van der Waals surface area (Å²) in [5.74, 6) is -1.28. The molecule has 1 fully saturated rings. The number of pyridine rings is 1. The minimum absolute atomic E-state index is 0.00788. The quantitative estimate of drug-likeness (QED) is 0.488. The number of benzene rings is 1. The van der Waals surface area contributed by atoms with Crippen LogP contribution < -0.4 is 15.8 Å². The first-order chi connectivity index (χ1) is 16.0. The molecule has 0 bridgehead atoms. The highest BCUT2D eigenvalue weighted by molar-refractivity contribution is 5.95. The molecule has 0 spiro atoms. The molecule has 1 aromatic carbocycles. The topological polar surface area (TPSA) is 119 Å². The van der Waals surface area contributed by atoms with Gasteiger partial charge >= 0.3 is 0 Å². The van der Waals surface area contributed by atoms with Crippen molar-refractivity contribution in [1.29, 1.82) is 0 Å². The molecular weight excluding hydrogens is 446 g/mol. The summed E-state index contributed by atoms with van der Waals surface area (Å²) in [6, 6.07) is 5.18. The number of carbonyl (C=O) groups excluding carboxylic acids is 1. The molecule has 8 nitrogen and oxygen atoms in total. The first-order valence-corrected chi connectivity index (χ1v) is 10.7. The number of ether oxygens (including phenoxy) is 1.